The lowest BCUT2D eigenvalue weighted by atomic mass is 10.0. The average molecular weight is 267 g/mol. The van der Waals surface area contributed by atoms with E-state index < -0.39 is 5.97 Å². The fourth-order valence-electron chi connectivity index (χ4n) is 2.59. The summed E-state index contributed by atoms with van der Waals surface area (Å²) in [4.78, 5) is 13.4. The molecule has 2 N–H and O–H groups in total. The molecule has 106 valence electrons. The molecule has 1 aromatic heterocycles. The summed E-state index contributed by atoms with van der Waals surface area (Å²) in [5.41, 5.74) is 0.176. The van der Waals surface area contributed by atoms with Crippen LogP contribution < -0.4 is 5.32 Å². The fourth-order valence-corrected chi connectivity index (χ4v) is 2.59. The summed E-state index contributed by atoms with van der Waals surface area (Å²) in [7, 11) is 0. The third-order valence-electron chi connectivity index (χ3n) is 3.56. The summed E-state index contributed by atoms with van der Waals surface area (Å²) in [5.74, 6) is -0.516. The highest BCUT2D eigenvalue weighted by Gasteiger charge is 2.24. The van der Waals surface area contributed by atoms with Gasteiger partial charge in [0.1, 0.15) is 5.56 Å². The second kappa shape index (κ2) is 6.68. The predicted molar refractivity (Wildman–Crippen MR) is 70.1 cm³/mol. The summed E-state index contributed by atoms with van der Waals surface area (Å²) in [6, 6.07) is 0.493. The van der Waals surface area contributed by atoms with Gasteiger partial charge in [-0.2, -0.15) is 0 Å². The molecule has 0 unspecified atom stereocenters. The van der Waals surface area contributed by atoms with Crippen LogP contribution in [0.25, 0.3) is 0 Å². The third-order valence-corrected chi connectivity index (χ3v) is 3.56. The number of rotatable bonds is 6. The second-order valence-electron chi connectivity index (χ2n) is 4.92. The molecule has 0 radical (unpaired) electrons. The van der Waals surface area contributed by atoms with Crippen molar-refractivity contribution in [2.45, 2.75) is 38.8 Å². The number of nitrogens with zero attached hydrogens (tertiary/aromatic N) is 2. The Morgan fingerprint density at radius 1 is 1.58 bits per heavy atom. The zero-order valence-electron chi connectivity index (χ0n) is 11.3. The van der Waals surface area contributed by atoms with Crippen LogP contribution in [0.5, 0.6) is 0 Å². The normalized spacial score (nSPS) is 16.9. The van der Waals surface area contributed by atoms with Crippen molar-refractivity contribution in [3.05, 3.63) is 17.5 Å². The van der Waals surface area contributed by atoms with Crippen molar-refractivity contribution < 1.29 is 14.4 Å². The standard InChI is InChI=1S/C13H21N3O3/c1-2-7-16(10-3-5-14-6-4-10)9-12-11(13(17)18)8-15-19-12/h8,10,14H,2-7,9H2,1H3,(H,17,18). The van der Waals surface area contributed by atoms with Crippen LogP contribution in [0.1, 0.15) is 42.3 Å². The van der Waals surface area contributed by atoms with Crippen molar-refractivity contribution in [3.63, 3.8) is 0 Å². The molecule has 1 aliphatic rings. The van der Waals surface area contributed by atoms with Crippen LogP contribution in [0.3, 0.4) is 0 Å². The second-order valence-corrected chi connectivity index (χ2v) is 4.92. The smallest absolute Gasteiger partial charge is 0.341 e. The topological polar surface area (TPSA) is 78.6 Å². The van der Waals surface area contributed by atoms with Crippen LogP contribution in [-0.2, 0) is 6.54 Å². The molecular formula is C13H21N3O3. The Kier molecular flexibility index (Phi) is 4.93. The molecule has 1 aromatic rings. The van der Waals surface area contributed by atoms with Crippen molar-refractivity contribution in [1.29, 1.82) is 0 Å². The minimum Gasteiger partial charge on any atom is -0.478 e. The maximum Gasteiger partial charge on any atom is 0.341 e. The van der Waals surface area contributed by atoms with E-state index in [1.165, 1.54) is 6.20 Å². The van der Waals surface area contributed by atoms with Gasteiger partial charge >= 0.3 is 5.97 Å². The molecule has 0 spiro atoms. The molecular weight excluding hydrogens is 246 g/mol. The Morgan fingerprint density at radius 2 is 2.32 bits per heavy atom. The molecule has 19 heavy (non-hydrogen) atoms. The van der Waals surface area contributed by atoms with Crippen molar-refractivity contribution in [1.82, 2.24) is 15.4 Å². The zero-order chi connectivity index (χ0) is 13.7. The molecule has 1 saturated heterocycles. The number of carboxylic acid groups (broad SMARTS) is 1. The summed E-state index contributed by atoms with van der Waals surface area (Å²) in [6.45, 7) is 5.65. The molecule has 6 heteroatoms. The first-order valence-corrected chi connectivity index (χ1v) is 6.84. The first-order valence-electron chi connectivity index (χ1n) is 6.84. The molecule has 0 amide bonds. The largest absolute Gasteiger partial charge is 0.478 e. The van der Waals surface area contributed by atoms with Crippen molar-refractivity contribution >= 4 is 5.97 Å². The molecule has 6 nitrogen and oxygen atoms in total. The number of aromatic carboxylic acids is 1. The number of carbonyl (C=O) groups is 1. The number of nitrogens with one attached hydrogen (secondary N) is 1. The quantitative estimate of drug-likeness (QED) is 0.809. The van der Waals surface area contributed by atoms with Crippen molar-refractivity contribution in [2.24, 2.45) is 0 Å². The Balaban J connectivity index is 2.06. The average Bonchev–Trinajstić information content (AvgIpc) is 2.88. The van der Waals surface area contributed by atoms with E-state index in [0.717, 1.165) is 38.9 Å². The Labute approximate surface area is 112 Å². The van der Waals surface area contributed by atoms with Gasteiger partial charge in [0.25, 0.3) is 0 Å². The van der Waals surface area contributed by atoms with E-state index in [4.69, 9.17) is 9.63 Å². The van der Waals surface area contributed by atoms with E-state index in [1.54, 1.807) is 0 Å². The molecule has 1 aliphatic heterocycles. The highest BCUT2D eigenvalue weighted by molar-refractivity contribution is 5.88. The van der Waals surface area contributed by atoms with Gasteiger partial charge in [-0.05, 0) is 38.9 Å². The number of piperidine rings is 1. The first kappa shape index (κ1) is 14.0. The van der Waals surface area contributed by atoms with Crippen LogP contribution in [0.15, 0.2) is 10.7 Å². The molecule has 0 bridgehead atoms. The monoisotopic (exact) mass is 267 g/mol. The van der Waals surface area contributed by atoms with Gasteiger partial charge in [-0.15, -0.1) is 0 Å². The zero-order valence-corrected chi connectivity index (χ0v) is 11.3. The minimum atomic E-state index is -0.974. The van der Waals surface area contributed by atoms with Gasteiger partial charge in [-0.25, -0.2) is 4.79 Å². The highest BCUT2D eigenvalue weighted by atomic mass is 16.5. The lowest BCUT2D eigenvalue weighted by Gasteiger charge is -2.33. The van der Waals surface area contributed by atoms with E-state index >= 15 is 0 Å². The van der Waals surface area contributed by atoms with Crippen molar-refractivity contribution in [3.8, 4) is 0 Å². The maximum absolute atomic E-state index is 11.1. The van der Waals surface area contributed by atoms with Gasteiger partial charge in [0.15, 0.2) is 5.76 Å². The number of hydrogen-bond acceptors (Lipinski definition) is 5. The van der Waals surface area contributed by atoms with E-state index in [9.17, 15) is 4.79 Å². The van der Waals surface area contributed by atoms with Gasteiger partial charge < -0.3 is 14.9 Å². The lowest BCUT2D eigenvalue weighted by molar-refractivity contribution is 0.0689. The minimum absolute atomic E-state index is 0.176. The van der Waals surface area contributed by atoms with Crippen LogP contribution in [0.4, 0.5) is 0 Å². The van der Waals surface area contributed by atoms with Crippen LogP contribution in [0.2, 0.25) is 0 Å². The summed E-state index contributed by atoms with van der Waals surface area (Å²) < 4.78 is 5.11. The van der Waals surface area contributed by atoms with E-state index in [2.05, 4.69) is 22.3 Å². The Bertz CT molecular complexity index is 413. The van der Waals surface area contributed by atoms with E-state index in [-0.39, 0.29) is 5.56 Å². The van der Waals surface area contributed by atoms with E-state index in [0.29, 0.717) is 18.3 Å². The molecule has 0 aliphatic carbocycles. The number of carboxylic acids is 1. The van der Waals surface area contributed by atoms with Crippen molar-refractivity contribution in [2.75, 3.05) is 19.6 Å². The Hall–Kier alpha value is -1.40. The first-order chi connectivity index (χ1) is 9.22. The van der Waals surface area contributed by atoms with Crippen LogP contribution in [0, 0.1) is 0 Å². The van der Waals surface area contributed by atoms with Gasteiger partial charge in [-0.3, -0.25) is 4.90 Å². The van der Waals surface area contributed by atoms with Crippen LogP contribution >= 0.6 is 0 Å². The third kappa shape index (κ3) is 3.54. The van der Waals surface area contributed by atoms with E-state index in [1.807, 2.05) is 0 Å². The maximum atomic E-state index is 11.1. The van der Waals surface area contributed by atoms with Gasteiger partial charge in [0.05, 0.1) is 12.7 Å². The van der Waals surface area contributed by atoms with Crippen LogP contribution in [-0.4, -0.2) is 46.8 Å². The molecule has 2 heterocycles. The SMILES string of the molecule is CCCN(Cc1oncc1C(=O)O)C1CCNCC1. The summed E-state index contributed by atoms with van der Waals surface area (Å²) >= 11 is 0. The molecule has 1 fully saturated rings. The molecule has 0 atom stereocenters. The predicted octanol–water partition coefficient (Wildman–Crippen LogP) is 1.34. The van der Waals surface area contributed by atoms with Gasteiger partial charge in [0, 0.05) is 6.04 Å². The highest BCUT2D eigenvalue weighted by Crippen LogP contribution is 2.18. The fraction of sp³-hybridized carbons (Fsp3) is 0.692. The van der Waals surface area contributed by atoms with Gasteiger partial charge in [-0.1, -0.05) is 12.1 Å². The molecule has 2 rings (SSSR count). The summed E-state index contributed by atoms with van der Waals surface area (Å²) in [5, 5.41) is 16.0. The van der Waals surface area contributed by atoms with Gasteiger partial charge in [0.2, 0.25) is 0 Å². The lowest BCUT2D eigenvalue weighted by Crippen LogP contribution is -2.43. The number of aromatic nitrogens is 1. The number of hydrogen-bond donors (Lipinski definition) is 2. The molecule has 0 saturated carbocycles. The summed E-state index contributed by atoms with van der Waals surface area (Å²) in [6.07, 6.45) is 4.51. The molecule has 0 aromatic carbocycles. The Morgan fingerprint density at radius 3 is 2.95 bits per heavy atom.